The van der Waals surface area contributed by atoms with Gasteiger partial charge in [0.25, 0.3) is 0 Å². The number of thiophene rings is 1. The second-order valence-corrected chi connectivity index (χ2v) is 18.2. The molecule has 0 saturated heterocycles. The van der Waals surface area contributed by atoms with Crippen molar-refractivity contribution < 1.29 is 0 Å². The zero-order valence-corrected chi connectivity index (χ0v) is 34.2. The van der Waals surface area contributed by atoms with E-state index in [1.165, 1.54) is 109 Å². The van der Waals surface area contributed by atoms with Crippen molar-refractivity contribution in [3.8, 4) is 44.5 Å². The molecule has 9 aromatic carbocycles. The molecule has 0 fully saturated rings. The third-order valence-corrected chi connectivity index (χ3v) is 15.0. The van der Waals surface area contributed by atoms with Crippen LogP contribution in [0.2, 0.25) is 0 Å². The molecular formula is C58H39NS. The number of rotatable bonds is 4. The predicted molar refractivity (Wildman–Crippen MR) is 253 cm³/mol. The minimum Gasteiger partial charge on any atom is -0.310 e. The van der Waals surface area contributed by atoms with E-state index in [9.17, 15) is 0 Å². The van der Waals surface area contributed by atoms with Crippen molar-refractivity contribution in [2.45, 2.75) is 24.7 Å². The van der Waals surface area contributed by atoms with Crippen LogP contribution in [0.15, 0.2) is 200 Å². The van der Waals surface area contributed by atoms with Crippen LogP contribution in [0.5, 0.6) is 0 Å². The van der Waals surface area contributed by atoms with E-state index in [0.717, 1.165) is 5.69 Å². The Bertz CT molecular complexity index is 3360. The summed E-state index contributed by atoms with van der Waals surface area (Å²) in [6.45, 7) is 4.76. The van der Waals surface area contributed by atoms with E-state index in [1.807, 2.05) is 11.3 Å². The number of hydrogen-bond acceptors (Lipinski definition) is 2. The third-order valence-electron chi connectivity index (χ3n) is 13.9. The Kier molecular flexibility index (Phi) is 6.94. The van der Waals surface area contributed by atoms with Gasteiger partial charge in [0.05, 0.1) is 16.8 Å². The number of hydrogen-bond donors (Lipinski definition) is 0. The fourth-order valence-electron chi connectivity index (χ4n) is 11.4. The van der Waals surface area contributed by atoms with Gasteiger partial charge in [0.15, 0.2) is 0 Å². The molecule has 0 unspecified atom stereocenters. The monoisotopic (exact) mass is 781 g/mol. The summed E-state index contributed by atoms with van der Waals surface area (Å²) in [6.07, 6.45) is 0. The zero-order valence-electron chi connectivity index (χ0n) is 33.4. The van der Waals surface area contributed by atoms with E-state index in [0.29, 0.717) is 0 Å². The molecule has 0 radical (unpaired) electrons. The number of nitrogens with zero attached hydrogens (tertiary/aromatic N) is 1. The number of fused-ring (bicyclic) bond motifs is 16. The SMILES string of the molecule is CC1(C)c2ccccc2-c2c(N(c3ccc(-c4ccc5sc6ccccc6c5c4)cc3)c3cccc4c3C3(c5ccccc5-c5ccccc53)c3ccccc3-4)cccc21. The van der Waals surface area contributed by atoms with E-state index in [2.05, 4.69) is 219 Å². The van der Waals surface area contributed by atoms with Gasteiger partial charge in [-0.1, -0.05) is 172 Å². The van der Waals surface area contributed by atoms with Crippen LogP contribution in [-0.4, -0.2) is 0 Å². The van der Waals surface area contributed by atoms with E-state index in [-0.39, 0.29) is 5.41 Å². The first-order valence-corrected chi connectivity index (χ1v) is 21.8. The summed E-state index contributed by atoms with van der Waals surface area (Å²) in [5.41, 5.74) is 21.3. The molecule has 13 rings (SSSR count). The van der Waals surface area contributed by atoms with Crippen LogP contribution in [-0.2, 0) is 10.8 Å². The van der Waals surface area contributed by atoms with Gasteiger partial charge in [-0.15, -0.1) is 11.3 Å². The lowest BCUT2D eigenvalue weighted by molar-refractivity contribution is 0.660. The zero-order chi connectivity index (χ0) is 39.7. The lowest BCUT2D eigenvalue weighted by Gasteiger charge is -2.36. The first-order valence-electron chi connectivity index (χ1n) is 21.0. The van der Waals surface area contributed by atoms with Gasteiger partial charge in [0.1, 0.15) is 0 Å². The second kappa shape index (κ2) is 12.3. The van der Waals surface area contributed by atoms with Gasteiger partial charge < -0.3 is 4.90 Å². The van der Waals surface area contributed by atoms with Crippen LogP contribution in [0.1, 0.15) is 47.2 Å². The summed E-state index contributed by atoms with van der Waals surface area (Å²) in [5.74, 6) is 0. The van der Waals surface area contributed by atoms with E-state index in [1.54, 1.807) is 0 Å². The fraction of sp³-hybridized carbons (Fsp3) is 0.0690. The van der Waals surface area contributed by atoms with Gasteiger partial charge in [0, 0.05) is 42.4 Å². The van der Waals surface area contributed by atoms with Crippen LogP contribution < -0.4 is 4.90 Å². The fourth-order valence-corrected chi connectivity index (χ4v) is 12.4. The van der Waals surface area contributed by atoms with Crippen molar-refractivity contribution in [2.24, 2.45) is 0 Å². The highest BCUT2D eigenvalue weighted by molar-refractivity contribution is 7.25. The molecule has 3 aliphatic rings. The van der Waals surface area contributed by atoms with Gasteiger partial charge in [-0.25, -0.2) is 0 Å². The standard InChI is InChI=1S/C58H39NS/c1-57(2)46-21-8-6-19-44(46)55-50(57)25-14-26-51(55)59(38-32-29-36(30-33-38)37-31-34-54-45(35-37)42-18-7-12-28-53(42)60-54)52-27-13-20-43-41-17-5-11-24-49(41)58(56(43)52)47-22-9-3-15-39(47)40-16-4-10-23-48(40)58/h3-35H,1-2H3. The molecule has 0 atom stereocenters. The molecule has 1 nitrogen and oxygen atoms in total. The van der Waals surface area contributed by atoms with E-state index in [4.69, 9.17) is 0 Å². The molecule has 1 heterocycles. The molecule has 0 N–H and O–H groups in total. The first kappa shape index (κ1) is 33.9. The lowest BCUT2D eigenvalue weighted by atomic mass is 9.70. The Morgan fingerprint density at radius 1 is 0.383 bits per heavy atom. The van der Waals surface area contributed by atoms with Crippen LogP contribution in [0, 0.1) is 0 Å². The summed E-state index contributed by atoms with van der Waals surface area (Å²) >= 11 is 1.87. The van der Waals surface area contributed by atoms with Crippen molar-refractivity contribution in [3.05, 3.63) is 234 Å². The molecule has 1 spiro atoms. The molecule has 2 heteroatoms. The largest absolute Gasteiger partial charge is 0.310 e. The highest BCUT2D eigenvalue weighted by atomic mass is 32.1. The van der Waals surface area contributed by atoms with Crippen LogP contribution >= 0.6 is 11.3 Å². The average molecular weight is 782 g/mol. The first-order chi connectivity index (χ1) is 29.5. The molecule has 1 aromatic heterocycles. The lowest BCUT2D eigenvalue weighted by Crippen LogP contribution is -2.28. The predicted octanol–water partition coefficient (Wildman–Crippen LogP) is 15.8. The van der Waals surface area contributed by atoms with Gasteiger partial charge in [-0.2, -0.15) is 0 Å². The minimum absolute atomic E-state index is 0.138. The normalized spacial score (nSPS) is 14.4. The Labute approximate surface area is 354 Å². The van der Waals surface area contributed by atoms with Gasteiger partial charge in [0.2, 0.25) is 0 Å². The van der Waals surface area contributed by atoms with Crippen molar-refractivity contribution in [1.29, 1.82) is 0 Å². The molecule has 0 amide bonds. The Morgan fingerprint density at radius 2 is 0.900 bits per heavy atom. The molecule has 0 bridgehead atoms. The minimum atomic E-state index is -0.498. The molecule has 282 valence electrons. The van der Waals surface area contributed by atoms with Gasteiger partial charge >= 0.3 is 0 Å². The summed E-state index contributed by atoms with van der Waals surface area (Å²) in [4.78, 5) is 2.59. The van der Waals surface area contributed by atoms with Crippen molar-refractivity contribution in [2.75, 3.05) is 4.90 Å². The Morgan fingerprint density at radius 3 is 1.62 bits per heavy atom. The molecular weight excluding hydrogens is 743 g/mol. The summed E-state index contributed by atoms with van der Waals surface area (Å²) < 4.78 is 2.66. The van der Waals surface area contributed by atoms with E-state index < -0.39 is 5.41 Å². The maximum Gasteiger partial charge on any atom is 0.0746 e. The molecule has 60 heavy (non-hydrogen) atoms. The highest BCUT2D eigenvalue weighted by Gasteiger charge is 2.53. The Hall–Kier alpha value is -7.00. The van der Waals surface area contributed by atoms with Gasteiger partial charge in [-0.3, -0.25) is 0 Å². The van der Waals surface area contributed by atoms with Crippen LogP contribution in [0.3, 0.4) is 0 Å². The maximum absolute atomic E-state index is 2.59. The van der Waals surface area contributed by atoms with Crippen molar-refractivity contribution in [1.82, 2.24) is 0 Å². The highest BCUT2D eigenvalue weighted by Crippen LogP contribution is 2.66. The van der Waals surface area contributed by atoms with Gasteiger partial charge in [-0.05, 0) is 109 Å². The number of benzene rings is 9. The summed E-state index contributed by atoms with van der Waals surface area (Å²) in [5, 5.41) is 2.65. The van der Waals surface area contributed by atoms with Crippen molar-refractivity contribution >= 4 is 48.6 Å². The second-order valence-electron chi connectivity index (χ2n) is 17.1. The quantitative estimate of drug-likeness (QED) is 0.172. The van der Waals surface area contributed by atoms with Crippen molar-refractivity contribution in [3.63, 3.8) is 0 Å². The Balaban J connectivity index is 1.09. The molecule has 0 saturated carbocycles. The summed E-state index contributed by atoms with van der Waals surface area (Å²) in [6, 6.07) is 75.5. The number of anilines is 3. The average Bonchev–Trinajstić information content (AvgIpc) is 3.99. The van der Waals surface area contributed by atoms with E-state index >= 15 is 0 Å². The van der Waals surface area contributed by atoms with Crippen LogP contribution in [0.25, 0.3) is 64.7 Å². The molecule has 0 aliphatic heterocycles. The maximum atomic E-state index is 2.59. The topological polar surface area (TPSA) is 3.24 Å². The smallest absolute Gasteiger partial charge is 0.0746 e. The third kappa shape index (κ3) is 4.36. The van der Waals surface area contributed by atoms with Crippen LogP contribution in [0.4, 0.5) is 17.1 Å². The summed E-state index contributed by atoms with van der Waals surface area (Å²) in [7, 11) is 0. The molecule has 3 aliphatic carbocycles. The molecule has 10 aromatic rings.